The highest BCUT2D eigenvalue weighted by molar-refractivity contribution is 7.41. The standard InChI is InChI=1S/C17H35P/c1-3-5-7-8-9-10-11-12-13-15-17-18-16-14-6-4-2/h14,16,18H,3-13,15,17H2,1-2H3/b16-14+. The Labute approximate surface area is 118 Å². The zero-order valence-electron chi connectivity index (χ0n) is 12.8. The molecule has 0 rings (SSSR count). The fourth-order valence-electron chi connectivity index (χ4n) is 2.13. The molecular formula is C17H35P. The number of rotatable bonds is 14. The van der Waals surface area contributed by atoms with Crippen molar-refractivity contribution in [1.82, 2.24) is 0 Å². The normalized spacial score (nSPS) is 12.1. The predicted octanol–water partition coefficient (Wildman–Crippen LogP) is 6.90. The van der Waals surface area contributed by atoms with Gasteiger partial charge in [-0.25, -0.2) is 0 Å². The molecule has 108 valence electrons. The van der Waals surface area contributed by atoms with Crippen LogP contribution in [0.25, 0.3) is 0 Å². The maximum absolute atomic E-state index is 2.40. The molecule has 0 heterocycles. The van der Waals surface area contributed by atoms with E-state index >= 15 is 0 Å². The zero-order valence-corrected chi connectivity index (χ0v) is 13.8. The van der Waals surface area contributed by atoms with Crippen LogP contribution in [0.15, 0.2) is 11.9 Å². The lowest BCUT2D eigenvalue weighted by molar-refractivity contribution is 0.563. The lowest BCUT2D eigenvalue weighted by Gasteiger charge is -2.01. The van der Waals surface area contributed by atoms with Crippen LogP contribution in [0, 0.1) is 0 Å². The van der Waals surface area contributed by atoms with Gasteiger partial charge in [-0.2, -0.15) is 0 Å². The molecule has 0 aliphatic heterocycles. The van der Waals surface area contributed by atoms with Gasteiger partial charge in [-0.1, -0.05) is 98.5 Å². The minimum Gasteiger partial charge on any atom is -0.0987 e. The molecule has 0 radical (unpaired) electrons. The van der Waals surface area contributed by atoms with E-state index in [0.717, 1.165) is 8.58 Å². The second-order valence-corrected chi connectivity index (χ2v) is 6.57. The highest BCUT2D eigenvalue weighted by Crippen LogP contribution is 2.17. The van der Waals surface area contributed by atoms with E-state index < -0.39 is 0 Å². The summed E-state index contributed by atoms with van der Waals surface area (Å²) in [6.45, 7) is 4.54. The van der Waals surface area contributed by atoms with Gasteiger partial charge in [0.05, 0.1) is 0 Å². The first-order chi connectivity index (χ1) is 8.91. The molecule has 0 N–H and O–H groups in total. The molecule has 0 spiro atoms. The maximum atomic E-state index is 2.40. The molecule has 0 fully saturated rings. The first kappa shape index (κ1) is 18.2. The second-order valence-electron chi connectivity index (χ2n) is 5.33. The molecule has 0 aliphatic rings. The van der Waals surface area contributed by atoms with Crippen molar-refractivity contribution in [1.29, 1.82) is 0 Å². The highest BCUT2D eigenvalue weighted by Gasteiger charge is 1.92. The summed E-state index contributed by atoms with van der Waals surface area (Å²) in [6.07, 6.45) is 20.9. The molecular weight excluding hydrogens is 235 g/mol. The molecule has 0 nitrogen and oxygen atoms in total. The number of hydrogen-bond acceptors (Lipinski definition) is 0. The van der Waals surface area contributed by atoms with Crippen LogP contribution in [0.5, 0.6) is 0 Å². The van der Waals surface area contributed by atoms with Crippen molar-refractivity contribution in [3.8, 4) is 0 Å². The fraction of sp³-hybridized carbons (Fsp3) is 0.882. The summed E-state index contributed by atoms with van der Waals surface area (Å²) in [7, 11) is 1.07. The van der Waals surface area contributed by atoms with Gasteiger partial charge in [0, 0.05) is 0 Å². The van der Waals surface area contributed by atoms with Gasteiger partial charge < -0.3 is 0 Å². The van der Waals surface area contributed by atoms with Crippen molar-refractivity contribution in [2.75, 3.05) is 6.16 Å². The average molecular weight is 270 g/mol. The molecule has 0 saturated heterocycles. The molecule has 1 unspecified atom stereocenters. The monoisotopic (exact) mass is 270 g/mol. The third-order valence-electron chi connectivity index (χ3n) is 3.37. The van der Waals surface area contributed by atoms with Gasteiger partial charge >= 0.3 is 0 Å². The summed E-state index contributed by atoms with van der Waals surface area (Å²) >= 11 is 0. The highest BCUT2D eigenvalue weighted by atomic mass is 31.1. The van der Waals surface area contributed by atoms with Crippen molar-refractivity contribution in [3.63, 3.8) is 0 Å². The number of allylic oxidation sites excluding steroid dienone is 1. The van der Waals surface area contributed by atoms with Crippen molar-refractivity contribution in [2.24, 2.45) is 0 Å². The molecule has 0 amide bonds. The van der Waals surface area contributed by atoms with E-state index in [0.29, 0.717) is 0 Å². The topological polar surface area (TPSA) is 0 Å². The van der Waals surface area contributed by atoms with Crippen LogP contribution in [0.4, 0.5) is 0 Å². The van der Waals surface area contributed by atoms with Gasteiger partial charge in [0.2, 0.25) is 0 Å². The fourth-order valence-corrected chi connectivity index (χ4v) is 3.09. The lowest BCUT2D eigenvalue weighted by Crippen LogP contribution is -1.82. The number of hydrogen-bond donors (Lipinski definition) is 0. The minimum absolute atomic E-state index is 1.07. The first-order valence-electron chi connectivity index (χ1n) is 8.30. The SMILES string of the molecule is CCC/C=C/PCCCCCCCCCCCC. The summed E-state index contributed by atoms with van der Waals surface area (Å²) in [4.78, 5) is 0. The van der Waals surface area contributed by atoms with Crippen LogP contribution in [0.2, 0.25) is 0 Å². The summed E-state index contributed by atoms with van der Waals surface area (Å²) in [6, 6.07) is 0. The molecule has 0 aromatic carbocycles. The molecule has 1 heteroatoms. The van der Waals surface area contributed by atoms with Gasteiger partial charge in [0.1, 0.15) is 0 Å². The Morgan fingerprint density at radius 1 is 0.667 bits per heavy atom. The van der Waals surface area contributed by atoms with E-state index in [2.05, 4.69) is 25.7 Å². The molecule has 0 bridgehead atoms. The van der Waals surface area contributed by atoms with Gasteiger partial charge in [0.25, 0.3) is 0 Å². The summed E-state index contributed by atoms with van der Waals surface area (Å²) < 4.78 is 0. The van der Waals surface area contributed by atoms with Gasteiger partial charge in [0.15, 0.2) is 0 Å². The Hall–Kier alpha value is 0.170. The lowest BCUT2D eigenvalue weighted by atomic mass is 10.1. The molecule has 0 saturated carbocycles. The van der Waals surface area contributed by atoms with E-state index in [1.54, 1.807) is 0 Å². The van der Waals surface area contributed by atoms with Crippen LogP contribution in [-0.2, 0) is 0 Å². The molecule has 1 atom stereocenters. The van der Waals surface area contributed by atoms with Crippen molar-refractivity contribution < 1.29 is 0 Å². The summed E-state index contributed by atoms with van der Waals surface area (Å²) in [5, 5.41) is 0. The number of unbranched alkanes of at least 4 members (excludes halogenated alkanes) is 10. The third kappa shape index (κ3) is 16.2. The van der Waals surface area contributed by atoms with Crippen LogP contribution < -0.4 is 0 Å². The van der Waals surface area contributed by atoms with Gasteiger partial charge in [-0.05, 0) is 19.0 Å². The van der Waals surface area contributed by atoms with Crippen molar-refractivity contribution in [3.05, 3.63) is 11.9 Å². The van der Waals surface area contributed by atoms with E-state index in [1.807, 2.05) is 0 Å². The minimum atomic E-state index is 1.07. The van der Waals surface area contributed by atoms with Crippen LogP contribution in [0.3, 0.4) is 0 Å². The van der Waals surface area contributed by atoms with Crippen molar-refractivity contribution in [2.45, 2.75) is 90.9 Å². The smallest absolute Gasteiger partial charge is 0.0319 e. The van der Waals surface area contributed by atoms with Crippen LogP contribution in [-0.4, -0.2) is 6.16 Å². The van der Waals surface area contributed by atoms with E-state index in [-0.39, 0.29) is 0 Å². The molecule has 18 heavy (non-hydrogen) atoms. The van der Waals surface area contributed by atoms with Crippen LogP contribution in [0.1, 0.15) is 90.9 Å². The Balaban J connectivity index is 2.94. The second kappa shape index (κ2) is 17.2. The molecule has 0 aliphatic carbocycles. The van der Waals surface area contributed by atoms with E-state index in [4.69, 9.17) is 0 Å². The molecule has 0 aromatic heterocycles. The van der Waals surface area contributed by atoms with Crippen molar-refractivity contribution >= 4 is 8.58 Å². The first-order valence-corrected chi connectivity index (χ1v) is 9.58. The maximum Gasteiger partial charge on any atom is -0.0319 e. The van der Waals surface area contributed by atoms with Gasteiger partial charge in [-0.15, -0.1) is 0 Å². The van der Waals surface area contributed by atoms with E-state index in [1.165, 1.54) is 83.2 Å². The largest absolute Gasteiger partial charge is 0.0987 e. The molecule has 0 aromatic rings. The zero-order chi connectivity index (χ0) is 13.3. The average Bonchev–Trinajstić information content (AvgIpc) is 2.39. The summed E-state index contributed by atoms with van der Waals surface area (Å²) in [5.74, 6) is 2.40. The summed E-state index contributed by atoms with van der Waals surface area (Å²) in [5.41, 5.74) is 0. The Morgan fingerprint density at radius 2 is 1.22 bits per heavy atom. The Kier molecular flexibility index (Phi) is 17.3. The Bertz CT molecular complexity index is 163. The van der Waals surface area contributed by atoms with Gasteiger partial charge in [-0.3, -0.25) is 0 Å². The Morgan fingerprint density at radius 3 is 1.78 bits per heavy atom. The van der Waals surface area contributed by atoms with E-state index in [9.17, 15) is 0 Å². The van der Waals surface area contributed by atoms with Crippen LogP contribution >= 0.6 is 8.58 Å². The predicted molar refractivity (Wildman–Crippen MR) is 89.1 cm³/mol. The quantitative estimate of drug-likeness (QED) is 0.238. The third-order valence-corrected chi connectivity index (χ3v) is 4.48.